The van der Waals surface area contributed by atoms with Crippen molar-refractivity contribution >= 4 is 5.97 Å². The van der Waals surface area contributed by atoms with Crippen molar-refractivity contribution in [2.45, 2.75) is 6.42 Å². The number of aliphatic carboxylic acids is 1. The van der Waals surface area contributed by atoms with E-state index < -0.39 is 5.97 Å². The van der Waals surface area contributed by atoms with Crippen molar-refractivity contribution in [3.05, 3.63) is 48.3 Å². The van der Waals surface area contributed by atoms with Crippen LogP contribution in [-0.2, 0) is 11.2 Å². The number of hydrogen-bond donors (Lipinski definition) is 1. The fourth-order valence-electron chi connectivity index (χ4n) is 1.34. The summed E-state index contributed by atoms with van der Waals surface area (Å²) in [4.78, 5) is 18.4. The Bertz CT molecular complexity index is 514. The molecular formula is C12H10N2O3. The second-order valence-electron chi connectivity index (χ2n) is 3.35. The minimum Gasteiger partial charge on any atom is -0.481 e. The average Bonchev–Trinajstić information content (AvgIpc) is 2.30. The van der Waals surface area contributed by atoms with Gasteiger partial charge in [0.1, 0.15) is 5.75 Å². The average molecular weight is 230 g/mol. The Kier molecular flexibility index (Phi) is 3.30. The monoisotopic (exact) mass is 230 g/mol. The number of rotatable bonds is 4. The number of hydrogen-bond acceptors (Lipinski definition) is 4. The Hall–Kier alpha value is -2.43. The first-order valence-electron chi connectivity index (χ1n) is 4.99. The van der Waals surface area contributed by atoms with Crippen molar-refractivity contribution in [1.82, 2.24) is 9.97 Å². The molecule has 0 bridgehead atoms. The SMILES string of the molecule is O=C(O)Cc1cccc(Oc2ncccn2)c1. The smallest absolute Gasteiger partial charge is 0.321 e. The summed E-state index contributed by atoms with van der Waals surface area (Å²) in [5, 5.41) is 8.68. The van der Waals surface area contributed by atoms with Gasteiger partial charge >= 0.3 is 12.0 Å². The molecule has 0 aliphatic heterocycles. The highest BCUT2D eigenvalue weighted by Crippen LogP contribution is 2.18. The van der Waals surface area contributed by atoms with E-state index in [4.69, 9.17) is 9.84 Å². The highest BCUT2D eigenvalue weighted by molar-refractivity contribution is 5.70. The van der Waals surface area contributed by atoms with Gasteiger partial charge in [0.2, 0.25) is 0 Å². The Balaban J connectivity index is 2.14. The number of carboxylic acid groups (broad SMARTS) is 1. The molecule has 0 fully saturated rings. The first-order valence-corrected chi connectivity index (χ1v) is 4.99. The van der Waals surface area contributed by atoms with Crippen LogP contribution in [-0.4, -0.2) is 21.0 Å². The van der Waals surface area contributed by atoms with Crippen LogP contribution in [0.1, 0.15) is 5.56 Å². The summed E-state index contributed by atoms with van der Waals surface area (Å²) in [7, 11) is 0. The van der Waals surface area contributed by atoms with Crippen LogP contribution in [0.5, 0.6) is 11.8 Å². The summed E-state index contributed by atoms with van der Waals surface area (Å²) in [5.74, 6) is -0.354. The van der Waals surface area contributed by atoms with Crippen LogP contribution >= 0.6 is 0 Å². The first kappa shape index (κ1) is 11.1. The van der Waals surface area contributed by atoms with E-state index in [0.717, 1.165) is 0 Å². The fraction of sp³-hybridized carbons (Fsp3) is 0.0833. The van der Waals surface area contributed by atoms with Crippen molar-refractivity contribution in [2.75, 3.05) is 0 Å². The molecule has 1 heterocycles. The third-order valence-electron chi connectivity index (χ3n) is 2.01. The fourth-order valence-corrected chi connectivity index (χ4v) is 1.34. The predicted molar refractivity (Wildman–Crippen MR) is 59.9 cm³/mol. The van der Waals surface area contributed by atoms with E-state index in [2.05, 4.69) is 9.97 Å². The third kappa shape index (κ3) is 3.27. The standard InChI is InChI=1S/C12H10N2O3/c15-11(16)8-9-3-1-4-10(7-9)17-12-13-5-2-6-14-12/h1-7H,8H2,(H,15,16). The molecule has 1 N–H and O–H groups in total. The quantitative estimate of drug-likeness (QED) is 0.868. The molecule has 0 unspecified atom stereocenters. The van der Waals surface area contributed by atoms with Crippen LogP contribution in [0.25, 0.3) is 0 Å². The zero-order valence-corrected chi connectivity index (χ0v) is 8.91. The van der Waals surface area contributed by atoms with Gasteiger partial charge in [0, 0.05) is 12.4 Å². The van der Waals surface area contributed by atoms with E-state index in [1.54, 1.807) is 42.7 Å². The maximum Gasteiger partial charge on any atom is 0.321 e. The predicted octanol–water partition coefficient (Wildman–Crippen LogP) is 1.90. The minimum absolute atomic E-state index is 0.0349. The van der Waals surface area contributed by atoms with E-state index in [1.165, 1.54) is 0 Å². The Labute approximate surface area is 97.7 Å². The summed E-state index contributed by atoms with van der Waals surface area (Å²) in [6, 6.07) is 8.77. The van der Waals surface area contributed by atoms with Crippen molar-refractivity contribution < 1.29 is 14.6 Å². The summed E-state index contributed by atoms with van der Waals surface area (Å²) >= 11 is 0. The van der Waals surface area contributed by atoms with Crippen LogP contribution in [0.2, 0.25) is 0 Å². The number of nitrogens with zero attached hydrogens (tertiary/aromatic N) is 2. The molecule has 2 aromatic rings. The lowest BCUT2D eigenvalue weighted by atomic mass is 10.1. The van der Waals surface area contributed by atoms with Crippen molar-refractivity contribution in [2.24, 2.45) is 0 Å². The largest absolute Gasteiger partial charge is 0.481 e. The zero-order chi connectivity index (χ0) is 12.1. The van der Waals surface area contributed by atoms with Crippen molar-refractivity contribution in [3.63, 3.8) is 0 Å². The van der Waals surface area contributed by atoms with Gasteiger partial charge in [0.25, 0.3) is 0 Å². The van der Waals surface area contributed by atoms with Crippen LogP contribution in [0.4, 0.5) is 0 Å². The summed E-state index contributed by atoms with van der Waals surface area (Å²) < 4.78 is 5.39. The van der Waals surface area contributed by atoms with E-state index >= 15 is 0 Å². The maximum atomic E-state index is 10.6. The molecule has 0 aliphatic carbocycles. The Morgan fingerprint density at radius 2 is 2.00 bits per heavy atom. The lowest BCUT2D eigenvalue weighted by molar-refractivity contribution is -0.136. The molecule has 0 atom stereocenters. The number of carboxylic acids is 1. The molecule has 0 saturated heterocycles. The van der Waals surface area contributed by atoms with Gasteiger partial charge in [-0.2, -0.15) is 0 Å². The minimum atomic E-state index is -0.877. The van der Waals surface area contributed by atoms with Gasteiger partial charge in [-0.1, -0.05) is 12.1 Å². The van der Waals surface area contributed by atoms with Gasteiger partial charge in [0.05, 0.1) is 6.42 Å². The topological polar surface area (TPSA) is 72.3 Å². The molecule has 2 rings (SSSR count). The van der Waals surface area contributed by atoms with Crippen LogP contribution in [0.15, 0.2) is 42.7 Å². The molecule has 86 valence electrons. The second-order valence-corrected chi connectivity index (χ2v) is 3.35. The highest BCUT2D eigenvalue weighted by atomic mass is 16.5. The molecule has 0 amide bonds. The maximum absolute atomic E-state index is 10.6. The van der Waals surface area contributed by atoms with Crippen molar-refractivity contribution in [3.8, 4) is 11.8 Å². The van der Waals surface area contributed by atoms with Gasteiger partial charge < -0.3 is 9.84 Å². The molecule has 0 spiro atoms. The van der Waals surface area contributed by atoms with Gasteiger partial charge in [-0.05, 0) is 23.8 Å². The van der Waals surface area contributed by atoms with Crippen LogP contribution in [0, 0.1) is 0 Å². The number of carbonyl (C=O) groups is 1. The Morgan fingerprint density at radius 1 is 1.24 bits per heavy atom. The van der Waals surface area contributed by atoms with E-state index in [9.17, 15) is 4.79 Å². The van der Waals surface area contributed by atoms with Gasteiger partial charge in [0.15, 0.2) is 0 Å². The third-order valence-corrected chi connectivity index (χ3v) is 2.01. The molecular weight excluding hydrogens is 220 g/mol. The molecule has 5 heteroatoms. The van der Waals surface area contributed by atoms with Gasteiger partial charge in [-0.15, -0.1) is 0 Å². The first-order chi connectivity index (χ1) is 8.24. The number of ether oxygens (including phenoxy) is 1. The van der Waals surface area contributed by atoms with Gasteiger partial charge in [-0.25, -0.2) is 9.97 Å². The highest BCUT2D eigenvalue weighted by Gasteiger charge is 2.03. The molecule has 0 aliphatic rings. The lowest BCUT2D eigenvalue weighted by Crippen LogP contribution is -2.00. The summed E-state index contributed by atoms with van der Waals surface area (Å²) in [6.45, 7) is 0. The van der Waals surface area contributed by atoms with Crippen molar-refractivity contribution in [1.29, 1.82) is 0 Å². The van der Waals surface area contributed by atoms with E-state index in [0.29, 0.717) is 11.3 Å². The molecule has 0 radical (unpaired) electrons. The molecule has 17 heavy (non-hydrogen) atoms. The van der Waals surface area contributed by atoms with E-state index in [-0.39, 0.29) is 12.4 Å². The molecule has 1 aromatic carbocycles. The number of aromatic nitrogens is 2. The summed E-state index contributed by atoms with van der Waals surface area (Å²) in [5.41, 5.74) is 0.672. The zero-order valence-electron chi connectivity index (χ0n) is 8.91. The van der Waals surface area contributed by atoms with Gasteiger partial charge in [-0.3, -0.25) is 4.79 Å². The Morgan fingerprint density at radius 3 is 2.71 bits per heavy atom. The van der Waals surface area contributed by atoms with Crippen LogP contribution < -0.4 is 4.74 Å². The second kappa shape index (κ2) is 5.07. The van der Waals surface area contributed by atoms with Crippen LogP contribution in [0.3, 0.4) is 0 Å². The molecule has 0 saturated carbocycles. The van der Waals surface area contributed by atoms with E-state index in [1.807, 2.05) is 0 Å². The number of benzene rings is 1. The molecule has 5 nitrogen and oxygen atoms in total. The lowest BCUT2D eigenvalue weighted by Gasteiger charge is -2.04. The summed E-state index contributed by atoms with van der Waals surface area (Å²) in [6.07, 6.45) is 3.11. The molecule has 1 aromatic heterocycles. The normalized spacial score (nSPS) is 9.88.